The highest BCUT2D eigenvalue weighted by molar-refractivity contribution is 5.48. The topological polar surface area (TPSA) is 12.0 Å². The minimum atomic E-state index is -4.04. The van der Waals surface area contributed by atoms with Crippen LogP contribution in [0.15, 0.2) is 36.4 Å². The molecule has 0 amide bonds. The number of nitrogens with one attached hydrogen (secondary N) is 1. The molecular weight excluding hydrogens is 227 g/mol. The van der Waals surface area contributed by atoms with Crippen LogP contribution in [-0.2, 0) is 0 Å². The van der Waals surface area contributed by atoms with Crippen LogP contribution >= 0.6 is 0 Å². The fraction of sp³-hybridized carbons (Fsp3) is 0.385. The molecule has 0 heterocycles. The Hall–Kier alpha value is -1.29. The molecule has 0 aromatic heterocycles. The molecule has 1 N–H and O–H groups in total. The van der Waals surface area contributed by atoms with Gasteiger partial charge in [-0.25, -0.2) is 0 Å². The highest BCUT2D eigenvalue weighted by Gasteiger charge is 2.25. The number of alkyl halides is 3. The van der Waals surface area contributed by atoms with E-state index in [0.29, 0.717) is 13.1 Å². The molecule has 17 heavy (non-hydrogen) atoms. The molecule has 1 aromatic carbocycles. The van der Waals surface area contributed by atoms with E-state index < -0.39 is 12.6 Å². The van der Waals surface area contributed by atoms with Gasteiger partial charge in [0.1, 0.15) is 0 Å². The molecule has 0 aliphatic carbocycles. The molecule has 0 bridgehead atoms. The van der Waals surface area contributed by atoms with E-state index in [0.717, 1.165) is 5.56 Å². The van der Waals surface area contributed by atoms with Gasteiger partial charge in [0, 0.05) is 13.0 Å². The average Bonchev–Trinajstić information content (AvgIpc) is 2.28. The predicted octanol–water partition coefficient (Wildman–Crippen LogP) is 3.63. The van der Waals surface area contributed by atoms with Crippen molar-refractivity contribution in [3.05, 3.63) is 42.0 Å². The number of rotatable bonds is 6. The molecule has 0 fully saturated rings. The highest BCUT2D eigenvalue weighted by Crippen LogP contribution is 2.20. The zero-order valence-corrected chi connectivity index (χ0v) is 9.50. The summed E-state index contributed by atoms with van der Waals surface area (Å²) in [7, 11) is 0. The lowest BCUT2D eigenvalue weighted by molar-refractivity contribution is -0.135. The Morgan fingerprint density at radius 1 is 1.12 bits per heavy atom. The number of hydrogen-bond acceptors (Lipinski definition) is 1. The van der Waals surface area contributed by atoms with E-state index in [1.807, 2.05) is 42.5 Å². The molecule has 1 nitrogen and oxygen atoms in total. The zero-order valence-electron chi connectivity index (χ0n) is 9.50. The van der Waals surface area contributed by atoms with Gasteiger partial charge < -0.3 is 5.32 Å². The van der Waals surface area contributed by atoms with Crippen LogP contribution < -0.4 is 5.32 Å². The summed E-state index contributed by atoms with van der Waals surface area (Å²) in [5.74, 6) is 0. The Morgan fingerprint density at radius 2 is 1.82 bits per heavy atom. The van der Waals surface area contributed by atoms with Gasteiger partial charge in [-0.05, 0) is 18.5 Å². The van der Waals surface area contributed by atoms with Crippen molar-refractivity contribution < 1.29 is 13.2 Å². The van der Waals surface area contributed by atoms with Crippen molar-refractivity contribution in [3.8, 4) is 0 Å². The lowest BCUT2D eigenvalue weighted by Crippen LogP contribution is -2.17. The Balaban J connectivity index is 2.07. The molecule has 0 saturated heterocycles. The first kappa shape index (κ1) is 13.8. The number of hydrogen-bond donors (Lipinski definition) is 1. The van der Waals surface area contributed by atoms with Crippen LogP contribution in [-0.4, -0.2) is 19.3 Å². The summed E-state index contributed by atoms with van der Waals surface area (Å²) >= 11 is 0. The third-order valence-electron chi connectivity index (χ3n) is 2.19. The molecule has 0 spiro atoms. The van der Waals surface area contributed by atoms with E-state index in [1.54, 1.807) is 0 Å². The second-order valence-corrected chi connectivity index (χ2v) is 3.74. The van der Waals surface area contributed by atoms with E-state index in [1.165, 1.54) is 0 Å². The predicted molar refractivity (Wildman–Crippen MR) is 63.6 cm³/mol. The van der Waals surface area contributed by atoms with Crippen LogP contribution in [0.5, 0.6) is 0 Å². The van der Waals surface area contributed by atoms with E-state index in [-0.39, 0.29) is 6.42 Å². The Kier molecular flexibility index (Phi) is 5.77. The van der Waals surface area contributed by atoms with Gasteiger partial charge in [-0.1, -0.05) is 42.5 Å². The minimum absolute atomic E-state index is 0.128. The summed E-state index contributed by atoms with van der Waals surface area (Å²) in [4.78, 5) is 0. The van der Waals surface area contributed by atoms with E-state index in [4.69, 9.17) is 0 Å². The van der Waals surface area contributed by atoms with Gasteiger partial charge >= 0.3 is 6.18 Å². The van der Waals surface area contributed by atoms with Crippen molar-refractivity contribution in [2.45, 2.75) is 19.0 Å². The highest BCUT2D eigenvalue weighted by atomic mass is 19.4. The van der Waals surface area contributed by atoms with Crippen LogP contribution in [0.3, 0.4) is 0 Å². The lowest BCUT2D eigenvalue weighted by atomic mass is 10.2. The van der Waals surface area contributed by atoms with Gasteiger partial charge in [0.2, 0.25) is 0 Å². The molecule has 0 saturated carbocycles. The van der Waals surface area contributed by atoms with E-state index in [2.05, 4.69) is 5.32 Å². The normalized spacial score (nSPS) is 12.2. The summed E-state index contributed by atoms with van der Waals surface area (Å²) < 4.78 is 35.4. The Morgan fingerprint density at radius 3 is 2.47 bits per heavy atom. The third kappa shape index (κ3) is 7.58. The van der Waals surface area contributed by atoms with Gasteiger partial charge in [-0.3, -0.25) is 0 Å². The fourth-order valence-corrected chi connectivity index (χ4v) is 1.36. The van der Waals surface area contributed by atoms with Crippen molar-refractivity contribution >= 4 is 6.08 Å². The van der Waals surface area contributed by atoms with Crippen LogP contribution in [0.25, 0.3) is 6.08 Å². The van der Waals surface area contributed by atoms with Crippen molar-refractivity contribution in [3.63, 3.8) is 0 Å². The first-order valence-corrected chi connectivity index (χ1v) is 5.57. The fourth-order valence-electron chi connectivity index (χ4n) is 1.36. The van der Waals surface area contributed by atoms with Crippen molar-refractivity contribution in [1.29, 1.82) is 0 Å². The summed E-state index contributed by atoms with van der Waals surface area (Å²) in [6.45, 7) is 0.978. The SMILES string of the molecule is FC(F)(F)CCCNC/C=C/c1ccccc1. The van der Waals surface area contributed by atoms with Crippen LogP contribution in [0, 0.1) is 0 Å². The lowest BCUT2D eigenvalue weighted by Gasteiger charge is -2.05. The molecule has 1 rings (SSSR count). The molecular formula is C13H16F3N. The number of halogens is 3. The van der Waals surface area contributed by atoms with Crippen LogP contribution in [0.1, 0.15) is 18.4 Å². The maximum absolute atomic E-state index is 11.8. The van der Waals surface area contributed by atoms with Gasteiger partial charge in [-0.2, -0.15) is 13.2 Å². The van der Waals surface area contributed by atoms with Crippen molar-refractivity contribution in [2.24, 2.45) is 0 Å². The quantitative estimate of drug-likeness (QED) is 0.752. The molecule has 4 heteroatoms. The van der Waals surface area contributed by atoms with Crippen molar-refractivity contribution in [1.82, 2.24) is 5.32 Å². The smallest absolute Gasteiger partial charge is 0.313 e. The number of benzene rings is 1. The van der Waals surface area contributed by atoms with Gasteiger partial charge in [0.05, 0.1) is 0 Å². The summed E-state index contributed by atoms with van der Waals surface area (Å²) in [5.41, 5.74) is 1.09. The van der Waals surface area contributed by atoms with Gasteiger partial charge in [0.15, 0.2) is 0 Å². The summed E-state index contributed by atoms with van der Waals surface area (Å²) in [5, 5.41) is 2.94. The van der Waals surface area contributed by atoms with Gasteiger partial charge in [-0.15, -0.1) is 0 Å². The third-order valence-corrected chi connectivity index (χ3v) is 2.19. The Labute approximate surface area is 99.3 Å². The molecule has 0 unspecified atom stereocenters. The van der Waals surface area contributed by atoms with Crippen molar-refractivity contribution in [2.75, 3.05) is 13.1 Å². The van der Waals surface area contributed by atoms with Crippen LogP contribution in [0.2, 0.25) is 0 Å². The summed E-state index contributed by atoms with van der Waals surface area (Å²) in [6, 6.07) is 9.76. The minimum Gasteiger partial charge on any atom is -0.313 e. The maximum atomic E-state index is 11.8. The summed E-state index contributed by atoms with van der Waals surface area (Å²) in [6.07, 6.45) is -0.785. The second kappa shape index (κ2) is 7.12. The van der Waals surface area contributed by atoms with Crippen LogP contribution in [0.4, 0.5) is 13.2 Å². The van der Waals surface area contributed by atoms with E-state index in [9.17, 15) is 13.2 Å². The maximum Gasteiger partial charge on any atom is 0.389 e. The molecule has 1 aromatic rings. The monoisotopic (exact) mass is 243 g/mol. The van der Waals surface area contributed by atoms with Gasteiger partial charge in [0.25, 0.3) is 0 Å². The zero-order chi connectivity index (χ0) is 12.6. The standard InChI is InChI=1S/C13H16F3N/c14-13(15,16)9-5-11-17-10-4-8-12-6-2-1-3-7-12/h1-4,6-8,17H,5,9-11H2/b8-4+. The first-order chi connectivity index (χ1) is 8.08. The Bertz CT molecular complexity index is 330. The largest absolute Gasteiger partial charge is 0.389 e. The van der Waals surface area contributed by atoms with E-state index >= 15 is 0 Å². The molecule has 0 aliphatic rings. The molecule has 0 aliphatic heterocycles. The first-order valence-electron chi connectivity index (χ1n) is 5.57. The molecule has 0 atom stereocenters. The molecule has 0 radical (unpaired) electrons. The molecule has 94 valence electrons. The second-order valence-electron chi connectivity index (χ2n) is 3.74. The average molecular weight is 243 g/mol.